The number of amides is 4. The third kappa shape index (κ3) is 10.4. The molecule has 1 aromatic carbocycles. The molecule has 2 aliphatic rings. The largest absolute Gasteiger partial charge is 0.467 e. The molecule has 50 heavy (non-hydrogen) atoms. The van der Waals surface area contributed by atoms with Crippen LogP contribution in [0.15, 0.2) is 42.0 Å². The number of esters is 1. The van der Waals surface area contributed by atoms with E-state index < -0.39 is 41.5 Å². The van der Waals surface area contributed by atoms with Gasteiger partial charge in [-0.15, -0.1) is 0 Å². The lowest BCUT2D eigenvalue weighted by atomic mass is 9.84. The van der Waals surface area contributed by atoms with Gasteiger partial charge in [0.25, 0.3) is 0 Å². The molecule has 2 heterocycles. The van der Waals surface area contributed by atoms with Crippen molar-refractivity contribution in [1.29, 1.82) is 0 Å². The molecule has 5 atom stereocenters. The van der Waals surface area contributed by atoms with Crippen LogP contribution < -0.4 is 10.6 Å². The maximum Gasteiger partial charge on any atom is 0.328 e. The molecular weight excluding hydrogens is 634 g/mol. The number of benzene rings is 1. The monoisotopic (exact) mass is 695 g/mol. The van der Waals surface area contributed by atoms with Gasteiger partial charge in [0.15, 0.2) is 0 Å². The van der Waals surface area contributed by atoms with Crippen LogP contribution in [0, 0.1) is 11.3 Å². The summed E-state index contributed by atoms with van der Waals surface area (Å²) in [5.74, 6) is -1.64. The van der Waals surface area contributed by atoms with Gasteiger partial charge < -0.3 is 25.2 Å². The summed E-state index contributed by atoms with van der Waals surface area (Å²) in [5, 5.41) is 5.95. The van der Waals surface area contributed by atoms with Crippen molar-refractivity contribution in [3.63, 3.8) is 0 Å². The van der Waals surface area contributed by atoms with Crippen LogP contribution in [-0.4, -0.2) is 108 Å². The molecule has 0 saturated carbocycles. The Morgan fingerprint density at radius 3 is 2.12 bits per heavy atom. The normalized spacial score (nSPS) is 20.6. The molecule has 2 saturated heterocycles. The Hall–Kier alpha value is -3.73. The van der Waals surface area contributed by atoms with Crippen molar-refractivity contribution in [2.24, 2.45) is 11.3 Å². The molecule has 2 N–H and O–H groups in total. The van der Waals surface area contributed by atoms with Crippen molar-refractivity contribution >= 4 is 29.6 Å². The quantitative estimate of drug-likeness (QED) is 0.235. The first-order valence-corrected chi connectivity index (χ1v) is 18.2. The van der Waals surface area contributed by atoms with Gasteiger partial charge in [-0.2, -0.15) is 0 Å². The summed E-state index contributed by atoms with van der Waals surface area (Å²) in [6, 6.07) is 6.46. The first kappa shape index (κ1) is 40.7. The molecule has 0 radical (unpaired) electrons. The van der Waals surface area contributed by atoms with Crippen LogP contribution in [0.1, 0.15) is 93.1 Å². The predicted octanol–water partition coefficient (Wildman–Crippen LogP) is 4.10. The first-order chi connectivity index (χ1) is 23.5. The van der Waals surface area contributed by atoms with Crippen molar-refractivity contribution in [1.82, 2.24) is 25.3 Å². The molecule has 278 valence electrons. The topological polar surface area (TPSA) is 128 Å². The number of carbonyl (C=O) groups is 5. The Kier molecular flexibility index (Phi) is 14.6. The second-order valence-corrected chi connectivity index (χ2v) is 15.6. The molecule has 0 spiro atoms. The fourth-order valence-electron chi connectivity index (χ4n) is 7.13. The van der Waals surface area contributed by atoms with E-state index >= 15 is 0 Å². The van der Waals surface area contributed by atoms with E-state index in [0.29, 0.717) is 25.0 Å². The van der Waals surface area contributed by atoms with Crippen LogP contribution in [0.5, 0.6) is 0 Å². The van der Waals surface area contributed by atoms with E-state index in [9.17, 15) is 24.0 Å². The molecule has 11 nitrogen and oxygen atoms in total. The molecule has 0 aliphatic carbocycles. The Labute approximate surface area is 299 Å². The van der Waals surface area contributed by atoms with Gasteiger partial charge in [-0.05, 0) is 69.9 Å². The lowest BCUT2D eigenvalue weighted by Gasteiger charge is -2.41. The average molecular weight is 696 g/mol. The van der Waals surface area contributed by atoms with Crippen molar-refractivity contribution in [3.05, 3.63) is 47.5 Å². The second-order valence-electron chi connectivity index (χ2n) is 15.6. The van der Waals surface area contributed by atoms with Gasteiger partial charge >= 0.3 is 5.97 Å². The maximum atomic E-state index is 14.2. The zero-order valence-electron chi connectivity index (χ0n) is 32.0. The zero-order valence-corrected chi connectivity index (χ0v) is 32.0. The molecular formula is C39H61N5O6. The number of nitrogens with one attached hydrogen (secondary N) is 2. The summed E-state index contributed by atoms with van der Waals surface area (Å²) in [6.45, 7) is 17.0. The molecule has 2 fully saturated rings. The number of nitrogens with zero attached hydrogens (tertiary/aromatic N) is 3. The number of carbonyl (C=O) groups excluding carboxylic acids is 5. The third-order valence-corrected chi connectivity index (χ3v) is 10.0. The highest BCUT2D eigenvalue weighted by Crippen LogP contribution is 2.27. The lowest BCUT2D eigenvalue weighted by Crippen LogP contribution is -2.60. The molecule has 0 unspecified atom stereocenters. The van der Waals surface area contributed by atoms with Crippen molar-refractivity contribution in [2.45, 2.75) is 130 Å². The third-order valence-electron chi connectivity index (χ3n) is 10.0. The van der Waals surface area contributed by atoms with Gasteiger partial charge in [0.05, 0.1) is 19.2 Å². The van der Waals surface area contributed by atoms with Crippen molar-refractivity contribution in [2.75, 3.05) is 27.2 Å². The summed E-state index contributed by atoms with van der Waals surface area (Å²) in [6.07, 6.45) is 5.97. The highest BCUT2D eigenvalue weighted by molar-refractivity contribution is 5.98. The van der Waals surface area contributed by atoms with E-state index in [-0.39, 0.29) is 42.1 Å². The van der Waals surface area contributed by atoms with E-state index in [0.717, 1.165) is 31.4 Å². The van der Waals surface area contributed by atoms with Gasteiger partial charge in [0, 0.05) is 31.6 Å². The van der Waals surface area contributed by atoms with Gasteiger partial charge in [-0.3, -0.25) is 24.1 Å². The summed E-state index contributed by atoms with van der Waals surface area (Å²) >= 11 is 0. The SMILES string of the molecule is COC(=O)[C@H](Cc1ccccc1)NC(=O)[C@@H]1CCCN1C(=O)/C(C)=C/[C@H](C(C)C)N(C)C(=O)[C@@H](NC(=O)[C@H]1CCCCN1C(C)C)C(C)(C)C. The van der Waals surface area contributed by atoms with Gasteiger partial charge in [0.2, 0.25) is 23.6 Å². The van der Waals surface area contributed by atoms with E-state index in [1.807, 2.05) is 65.0 Å². The number of hydrogen-bond acceptors (Lipinski definition) is 7. The fourth-order valence-corrected chi connectivity index (χ4v) is 7.13. The molecule has 4 amide bonds. The van der Waals surface area contributed by atoms with Gasteiger partial charge in [-0.25, -0.2) is 4.79 Å². The fraction of sp³-hybridized carbons (Fsp3) is 0.667. The van der Waals surface area contributed by atoms with E-state index in [1.165, 1.54) is 7.11 Å². The lowest BCUT2D eigenvalue weighted by molar-refractivity contribution is -0.146. The molecule has 2 aliphatic heterocycles. The molecule has 0 bridgehead atoms. The van der Waals surface area contributed by atoms with Crippen molar-refractivity contribution in [3.8, 4) is 0 Å². The smallest absolute Gasteiger partial charge is 0.328 e. The van der Waals surface area contributed by atoms with Gasteiger partial charge in [0.1, 0.15) is 18.1 Å². The van der Waals surface area contributed by atoms with Crippen LogP contribution >= 0.6 is 0 Å². The van der Waals surface area contributed by atoms with Crippen molar-refractivity contribution < 1.29 is 28.7 Å². The molecule has 11 heteroatoms. The minimum absolute atomic E-state index is 0.0470. The second kappa shape index (κ2) is 18.0. The number of likely N-dealkylation sites (N-methyl/N-ethyl adjacent to an activating group) is 1. The number of ether oxygens (including phenoxy) is 1. The number of likely N-dealkylation sites (tertiary alicyclic amines) is 2. The summed E-state index contributed by atoms with van der Waals surface area (Å²) in [7, 11) is 3.01. The number of piperidine rings is 1. The Morgan fingerprint density at radius 1 is 0.920 bits per heavy atom. The maximum absolute atomic E-state index is 14.2. The summed E-state index contributed by atoms with van der Waals surface area (Å²) < 4.78 is 4.97. The number of methoxy groups -OCH3 is 1. The molecule has 3 rings (SSSR count). The Bertz CT molecular complexity index is 1370. The van der Waals surface area contributed by atoms with Gasteiger partial charge in [-0.1, -0.05) is 77.4 Å². The highest BCUT2D eigenvalue weighted by Gasteiger charge is 2.41. The predicted molar refractivity (Wildman–Crippen MR) is 195 cm³/mol. The summed E-state index contributed by atoms with van der Waals surface area (Å²) in [5.41, 5.74) is 0.732. The van der Waals surface area contributed by atoms with Crippen LogP contribution in [0.4, 0.5) is 0 Å². The average Bonchev–Trinajstić information content (AvgIpc) is 3.58. The number of hydrogen-bond donors (Lipinski definition) is 2. The van der Waals surface area contributed by atoms with E-state index in [2.05, 4.69) is 29.4 Å². The van der Waals surface area contributed by atoms with E-state index in [1.54, 1.807) is 29.8 Å². The zero-order chi connectivity index (χ0) is 37.3. The first-order valence-electron chi connectivity index (χ1n) is 18.2. The van der Waals surface area contributed by atoms with Crippen LogP contribution in [0.3, 0.4) is 0 Å². The number of rotatable bonds is 13. The minimum atomic E-state index is -0.892. The van der Waals surface area contributed by atoms with Crippen LogP contribution in [0.2, 0.25) is 0 Å². The molecule has 1 aromatic rings. The Morgan fingerprint density at radius 2 is 1.54 bits per heavy atom. The van der Waals surface area contributed by atoms with E-state index in [4.69, 9.17) is 4.74 Å². The standard InChI is InChI=1S/C39H61N5O6/c1-25(2)32(42(9)37(48)33(39(6,7)8)41-35(46)30-19-14-15-21-43(30)26(3)4)23-27(5)36(47)44-22-16-20-31(44)34(45)40-29(38(49)50-10)24-28-17-12-11-13-18-28/h11-13,17-18,23,25-26,29-33H,14-16,19-22,24H2,1-10H3,(H,40,45)(H,41,46)/b27-23+/t29-,30+,31-,32+,33+/m0/s1. The Balaban J connectivity index is 1.78. The highest BCUT2D eigenvalue weighted by atomic mass is 16.5. The molecule has 0 aromatic heterocycles. The van der Waals surface area contributed by atoms with Crippen LogP contribution in [-0.2, 0) is 35.1 Å². The minimum Gasteiger partial charge on any atom is -0.467 e. The summed E-state index contributed by atoms with van der Waals surface area (Å²) in [4.78, 5) is 73.3. The van der Waals surface area contributed by atoms with Crippen LogP contribution in [0.25, 0.3) is 0 Å².